The highest BCUT2D eigenvalue weighted by Crippen LogP contribution is 2.45. The Labute approximate surface area is 161 Å². The lowest BCUT2D eigenvalue weighted by Crippen LogP contribution is -2.69. The molecule has 160 valence electrons. The van der Waals surface area contributed by atoms with E-state index in [-0.39, 0.29) is 10.3 Å². The highest BCUT2D eigenvalue weighted by molar-refractivity contribution is 7.89. The second kappa shape index (κ2) is 7.71. The van der Waals surface area contributed by atoms with Crippen LogP contribution in [-0.4, -0.2) is 32.3 Å². The number of carbonyl (C=O) groups is 1. The maximum absolute atomic E-state index is 13.0. The van der Waals surface area contributed by atoms with Gasteiger partial charge in [-0.05, 0) is 17.9 Å². The minimum atomic E-state index is -5.87. The predicted octanol–water partition coefficient (Wildman–Crippen LogP) is 3.61. The fourth-order valence-corrected chi connectivity index (χ4v) is 3.69. The number of hydrazine groups is 1. The van der Waals surface area contributed by atoms with Gasteiger partial charge in [-0.1, -0.05) is 43.3 Å². The lowest BCUT2D eigenvalue weighted by Gasteiger charge is -2.36. The van der Waals surface area contributed by atoms with Crippen LogP contribution in [0, 0.1) is 0 Å². The molecule has 0 heterocycles. The van der Waals surface area contributed by atoms with E-state index in [1.165, 1.54) is 28.5 Å². The number of halogens is 6. The zero-order chi connectivity index (χ0) is 22.1. The molecule has 29 heavy (non-hydrogen) atoms. The molecular weight excluding hydrogens is 428 g/mol. The number of urea groups is 1. The van der Waals surface area contributed by atoms with Crippen molar-refractivity contribution in [2.45, 2.75) is 36.1 Å². The van der Waals surface area contributed by atoms with Crippen LogP contribution in [0.25, 0.3) is 10.8 Å². The Hall–Kier alpha value is -2.54. The third-order valence-corrected chi connectivity index (χ3v) is 5.47. The van der Waals surface area contributed by atoms with Crippen LogP contribution in [0.4, 0.5) is 31.1 Å². The van der Waals surface area contributed by atoms with Gasteiger partial charge in [0.1, 0.15) is 0 Å². The first kappa shape index (κ1) is 22.7. The molecule has 0 saturated heterocycles. The lowest BCUT2D eigenvalue weighted by atomic mass is 9.94. The van der Waals surface area contributed by atoms with Gasteiger partial charge in [-0.3, -0.25) is 5.43 Å². The second-order valence-electron chi connectivity index (χ2n) is 5.92. The van der Waals surface area contributed by atoms with Crippen molar-refractivity contribution in [2.24, 2.45) is 0 Å². The number of carbonyl (C=O) groups excluding carboxylic acids is 1. The van der Waals surface area contributed by atoms with Crippen molar-refractivity contribution in [3.63, 3.8) is 0 Å². The van der Waals surface area contributed by atoms with E-state index in [0.29, 0.717) is 12.3 Å². The van der Waals surface area contributed by atoms with Crippen molar-refractivity contribution in [3.05, 3.63) is 42.5 Å². The Balaban J connectivity index is 2.25. The summed E-state index contributed by atoms with van der Waals surface area (Å²) < 4.78 is 103. The van der Waals surface area contributed by atoms with Crippen molar-refractivity contribution in [1.29, 1.82) is 0 Å². The minimum Gasteiger partial charge on any atom is -0.315 e. The molecule has 0 unspecified atom stereocenters. The fraction of sp³-hybridized carbons (Fsp3) is 0.312. The van der Waals surface area contributed by atoms with E-state index in [1.54, 1.807) is 18.2 Å². The number of nitrogens with one attached hydrogen (secondary N) is 3. The smallest absolute Gasteiger partial charge is 0.315 e. The highest BCUT2D eigenvalue weighted by Gasteiger charge is 2.70. The maximum Gasteiger partial charge on any atom is 0.420 e. The molecule has 0 fully saturated rings. The van der Waals surface area contributed by atoms with E-state index >= 15 is 0 Å². The molecule has 0 saturated carbocycles. The summed E-state index contributed by atoms with van der Waals surface area (Å²) in [5.74, 6) is 0. The van der Waals surface area contributed by atoms with E-state index in [9.17, 15) is 39.6 Å². The molecule has 13 heteroatoms. The van der Waals surface area contributed by atoms with Gasteiger partial charge >= 0.3 is 18.4 Å². The van der Waals surface area contributed by atoms with E-state index in [4.69, 9.17) is 0 Å². The molecule has 0 bridgehead atoms. The molecule has 3 N–H and O–H groups in total. The maximum atomic E-state index is 13.0. The Kier molecular flexibility index (Phi) is 6.04. The van der Waals surface area contributed by atoms with Gasteiger partial charge in [-0.25, -0.2) is 13.2 Å². The van der Waals surface area contributed by atoms with E-state index in [0.717, 1.165) is 11.4 Å². The normalized spacial score (nSPS) is 13.3. The fourth-order valence-electron chi connectivity index (χ4n) is 2.62. The zero-order valence-corrected chi connectivity index (χ0v) is 15.5. The van der Waals surface area contributed by atoms with Gasteiger partial charge in [0.15, 0.2) is 0 Å². The molecule has 2 amide bonds. The van der Waals surface area contributed by atoms with Crippen LogP contribution in [0.15, 0.2) is 47.4 Å². The monoisotopic (exact) mass is 443 g/mol. The van der Waals surface area contributed by atoms with Crippen LogP contribution in [-0.2, 0) is 10.0 Å². The van der Waals surface area contributed by atoms with E-state index < -0.39 is 40.4 Å². The van der Waals surface area contributed by atoms with Gasteiger partial charge in [0, 0.05) is 5.39 Å². The Morgan fingerprint density at radius 3 is 2.03 bits per heavy atom. The summed E-state index contributed by atoms with van der Waals surface area (Å²) >= 11 is 0. The first-order valence-electron chi connectivity index (χ1n) is 7.96. The summed E-state index contributed by atoms with van der Waals surface area (Å²) in [6.45, 7) is 0.585. The van der Waals surface area contributed by atoms with Gasteiger partial charge in [0.2, 0.25) is 5.54 Å². The molecule has 0 radical (unpaired) electrons. The van der Waals surface area contributed by atoms with Crippen LogP contribution in [0.3, 0.4) is 0 Å². The van der Waals surface area contributed by atoms with Gasteiger partial charge in [0.05, 0.1) is 4.90 Å². The molecule has 2 aromatic rings. The van der Waals surface area contributed by atoms with Crippen molar-refractivity contribution in [3.8, 4) is 0 Å². The van der Waals surface area contributed by atoms with Crippen molar-refractivity contribution in [2.75, 3.05) is 0 Å². The van der Waals surface area contributed by atoms with Gasteiger partial charge in [-0.2, -0.15) is 26.3 Å². The third-order valence-electron chi connectivity index (χ3n) is 4.16. The quantitative estimate of drug-likeness (QED) is 0.488. The molecule has 0 aliphatic carbocycles. The Bertz CT molecular complexity index is 986. The first-order valence-corrected chi connectivity index (χ1v) is 9.44. The van der Waals surface area contributed by atoms with Crippen LogP contribution < -0.4 is 15.6 Å². The number of sulfonamides is 1. The van der Waals surface area contributed by atoms with Crippen molar-refractivity contribution < 1.29 is 39.6 Å². The van der Waals surface area contributed by atoms with Crippen LogP contribution in [0.5, 0.6) is 0 Å². The number of rotatable bonds is 5. The summed E-state index contributed by atoms with van der Waals surface area (Å²) in [6.07, 6.45) is -13.3. The number of alkyl halides is 6. The molecule has 6 nitrogen and oxygen atoms in total. The summed E-state index contributed by atoms with van der Waals surface area (Å²) in [6, 6.07) is 8.32. The van der Waals surface area contributed by atoms with Gasteiger partial charge < -0.3 is 5.32 Å². The van der Waals surface area contributed by atoms with E-state index in [1.807, 2.05) is 0 Å². The van der Waals surface area contributed by atoms with Crippen molar-refractivity contribution >= 4 is 26.8 Å². The minimum absolute atomic E-state index is 0.234. The number of hydrogen-bond acceptors (Lipinski definition) is 3. The number of amides is 2. The molecule has 0 aromatic heterocycles. The van der Waals surface area contributed by atoms with Gasteiger partial charge in [0.25, 0.3) is 10.0 Å². The standard InChI is InChI=1S/C16H15F6N3O3S/c1-2-14(15(17,18)19,16(20,21)22)23-13(26)24-25-29(27,28)12-9-5-7-10-6-3-4-8-11(10)12/h3-9,25H,2H2,1H3,(H2,23,24,26). The molecule has 0 atom stereocenters. The largest absolute Gasteiger partial charge is 0.420 e. The number of benzene rings is 2. The summed E-state index contributed by atoms with van der Waals surface area (Å²) in [5.41, 5.74) is -3.21. The SMILES string of the molecule is CCC(NC(=O)NNS(=O)(=O)c1cccc2ccccc12)(C(F)(F)F)C(F)(F)F. The lowest BCUT2D eigenvalue weighted by molar-refractivity contribution is -0.304. The molecule has 0 aliphatic heterocycles. The average molecular weight is 443 g/mol. The summed E-state index contributed by atoms with van der Waals surface area (Å²) in [4.78, 5) is 12.9. The van der Waals surface area contributed by atoms with Gasteiger partial charge in [-0.15, -0.1) is 4.83 Å². The Morgan fingerprint density at radius 2 is 1.48 bits per heavy atom. The Morgan fingerprint density at radius 1 is 0.931 bits per heavy atom. The summed E-state index contributed by atoms with van der Waals surface area (Å²) in [7, 11) is -4.50. The van der Waals surface area contributed by atoms with Crippen LogP contribution in [0.2, 0.25) is 0 Å². The predicted molar refractivity (Wildman–Crippen MR) is 91.1 cm³/mol. The topological polar surface area (TPSA) is 87.3 Å². The average Bonchev–Trinajstić information content (AvgIpc) is 2.62. The third kappa shape index (κ3) is 4.40. The summed E-state index contributed by atoms with van der Waals surface area (Å²) in [5, 5.41) is 1.54. The van der Waals surface area contributed by atoms with Crippen LogP contribution >= 0.6 is 0 Å². The molecule has 0 aliphatic rings. The highest BCUT2D eigenvalue weighted by atomic mass is 32.2. The zero-order valence-electron chi connectivity index (χ0n) is 14.6. The van der Waals surface area contributed by atoms with E-state index in [2.05, 4.69) is 0 Å². The van der Waals surface area contributed by atoms with Crippen molar-refractivity contribution in [1.82, 2.24) is 15.6 Å². The second-order valence-corrected chi connectivity index (χ2v) is 7.57. The first-order chi connectivity index (χ1) is 13.2. The molecule has 2 aromatic carbocycles. The van der Waals surface area contributed by atoms with Crippen LogP contribution in [0.1, 0.15) is 13.3 Å². The molecule has 0 spiro atoms. The molecule has 2 rings (SSSR count). The molecular formula is C16H15F6N3O3S. The number of hydrogen-bond donors (Lipinski definition) is 3. The number of fused-ring (bicyclic) bond motifs is 1.